The minimum atomic E-state index is -4.49. The fourth-order valence-corrected chi connectivity index (χ4v) is 2.37. The molecule has 0 unspecified atom stereocenters. The summed E-state index contributed by atoms with van der Waals surface area (Å²) in [5.41, 5.74) is 2.08. The van der Waals surface area contributed by atoms with Crippen LogP contribution in [0.2, 0.25) is 0 Å². The lowest BCUT2D eigenvalue weighted by molar-refractivity contribution is -0.123. The van der Waals surface area contributed by atoms with Crippen LogP contribution in [0.3, 0.4) is 0 Å². The highest BCUT2D eigenvalue weighted by Crippen LogP contribution is 2.17. The molecule has 0 spiro atoms. The van der Waals surface area contributed by atoms with Gasteiger partial charge in [-0.1, -0.05) is 17.3 Å². The molecule has 0 saturated carbocycles. The first-order valence-corrected chi connectivity index (χ1v) is 8.40. The van der Waals surface area contributed by atoms with E-state index in [0.717, 1.165) is 11.8 Å². The molecule has 0 atom stereocenters. The van der Waals surface area contributed by atoms with E-state index in [1.807, 2.05) is 0 Å². The van der Waals surface area contributed by atoms with E-state index in [0.29, 0.717) is 17.7 Å². The van der Waals surface area contributed by atoms with Crippen molar-refractivity contribution in [2.45, 2.75) is 19.2 Å². The first-order valence-electron chi connectivity index (χ1n) is 8.40. The van der Waals surface area contributed by atoms with E-state index in [9.17, 15) is 22.4 Å². The lowest BCUT2D eigenvalue weighted by Gasteiger charge is -2.09. The molecule has 3 aromatic rings. The predicted octanol–water partition coefficient (Wildman–Crippen LogP) is 3.67. The van der Waals surface area contributed by atoms with Gasteiger partial charge in [0.1, 0.15) is 25.2 Å². The summed E-state index contributed by atoms with van der Waals surface area (Å²) >= 11 is 0. The molecule has 10 heteroatoms. The predicted molar refractivity (Wildman–Crippen MR) is 92.7 cm³/mol. The molecule has 0 aliphatic carbocycles. The molecule has 6 nitrogen and oxygen atoms in total. The third-order valence-corrected chi connectivity index (χ3v) is 3.84. The van der Waals surface area contributed by atoms with Crippen LogP contribution in [-0.2, 0) is 13.0 Å². The lowest BCUT2D eigenvalue weighted by atomic mass is 10.1. The molecular formula is C19H15F4N3O3. The molecule has 0 bridgehead atoms. The first kappa shape index (κ1) is 20.3. The Bertz CT molecular complexity index is 954. The van der Waals surface area contributed by atoms with Gasteiger partial charge >= 0.3 is 6.18 Å². The van der Waals surface area contributed by atoms with E-state index in [4.69, 9.17) is 9.26 Å². The maximum absolute atomic E-state index is 13.0. The average molecular weight is 409 g/mol. The van der Waals surface area contributed by atoms with Crippen LogP contribution in [-0.4, -0.2) is 28.8 Å². The molecule has 1 aromatic carbocycles. The highest BCUT2D eigenvalue weighted by Gasteiger charge is 2.27. The summed E-state index contributed by atoms with van der Waals surface area (Å²) < 4.78 is 59.9. The Hall–Kier alpha value is -3.43. The molecule has 0 saturated heterocycles. The van der Waals surface area contributed by atoms with E-state index in [2.05, 4.69) is 10.1 Å². The molecule has 1 amide bonds. The standard InChI is InChI=1S/C19H15F4N3O3/c20-15-4-1-12(2-5-15)7-16-14(10-29-26-16)9-28-17-6-3-13(8-24-17)18(27)25-11-19(21,22)23/h1-6,8,10H,7,9,11H2,(H,25,27). The van der Waals surface area contributed by atoms with Crippen LogP contribution in [0.25, 0.3) is 0 Å². The second-order valence-corrected chi connectivity index (χ2v) is 6.06. The molecule has 152 valence electrons. The van der Waals surface area contributed by atoms with E-state index in [-0.39, 0.29) is 23.9 Å². The number of amides is 1. The SMILES string of the molecule is O=C(NCC(F)(F)F)c1ccc(OCc2conc2Cc2ccc(F)cc2)nc1. The number of nitrogens with one attached hydrogen (secondary N) is 1. The normalized spacial score (nSPS) is 11.3. The Labute approximate surface area is 162 Å². The molecule has 0 aliphatic heterocycles. The largest absolute Gasteiger partial charge is 0.473 e. The third-order valence-electron chi connectivity index (χ3n) is 3.84. The van der Waals surface area contributed by atoms with Crippen molar-refractivity contribution in [3.63, 3.8) is 0 Å². The van der Waals surface area contributed by atoms with E-state index in [1.54, 1.807) is 17.4 Å². The van der Waals surface area contributed by atoms with E-state index < -0.39 is 18.6 Å². The van der Waals surface area contributed by atoms with Crippen LogP contribution in [0.4, 0.5) is 17.6 Å². The van der Waals surface area contributed by atoms with Gasteiger partial charge in [0.25, 0.3) is 5.91 Å². The van der Waals surface area contributed by atoms with Crippen molar-refractivity contribution in [1.82, 2.24) is 15.5 Å². The number of alkyl halides is 3. The second kappa shape index (κ2) is 8.72. The lowest BCUT2D eigenvalue weighted by Crippen LogP contribution is -2.33. The van der Waals surface area contributed by atoms with Gasteiger partial charge in [-0.15, -0.1) is 0 Å². The summed E-state index contributed by atoms with van der Waals surface area (Å²) in [4.78, 5) is 15.6. The van der Waals surface area contributed by atoms with Crippen LogP contribution in [0.5, 0.6) is 5.88 Å². The van der Waals surface area contributed by atoms with Crippen LogP contribution in [0.1, 0.15) is 27.2 Å². The van der Waals surface area contributed by atoms with Gasteiger partial charge in [0.05, 0.1) is 16.8 Å². The maximum Gasteiger partial charge on any atom is 0.405 e. The number of hydrogen-bond donors (Lipinski definition) is 1. The van der Waals surface area contributed by atoms with Crippen LogP contribution >= 0.6 is 0 Å². The number of hydrogen-bond acceptors (Lipinski definition) is 5. The van der Waals surface area contributed by atoms with Gasteiger partial charge < -0.3 is 14.6 Å². The van der Waals surface area contributed by atoms with Gasteiger partial charge in [0.15, 0.2) is 0 Å². The molecule has 1 N–H and O–H groups in total. The van der Waals surface area contributed by atoms with E-state index in [1.165, 1.54) is 30.5 Å². The van der Waals surface area contributed by atoms with Crippen molar-refractivity contribution < 1.29 is 31.6 Å². The van der Waals surface area contributed by atoms with Crippen molar-refractivity contribution >= 4 is 5.91 Å². The smallest absolute Gasteiger partial charge is 0.405 e. The zero-order valence-corrected chi connectivity index (χ0v) is 14.9. The first-order chi connectivity index (χ1) is 13.8. The molecule has 29 heavy (non-hydrogen) atoms. The Kier molecular flexibility index (Phi) is 6.10. The van der Waals surface area contributed by atoms with Crippen LogP contribution in [0, 0.1) is 5.82 Å². The molecular weight excluding hydrogens is 394 g/mol. The van der Waals surface area contributed by atoms with Gasteiger partial charge in [0.2, 0.25) is 5.88 Å². The number of benzene rings is 1. The molecule has 0 fully saturated rings. The Morgan fingerprint density at radius 1 is 1.14 bits per heavy atom. The number of rotatable bonds is 7. The molecule has 0 aliphatic rings. The highest BCUT2D eigenvalue weighted by molar-refractivity contribution is 5.93. The van der Waals surface area contributed by atoms with Crippen LogP contribution < -0.4 is 10.1 Å². The van der Waals surface area contributed by atoms with Crippen molar-refractivity contribution in [3.8, 4) is 5.88 Å². The number of carbonyl (C=O) groups is 1. The molecule has 0 radical (unpaired) electrons. The summed E-state index contributed by atoms with van der Waals surface area (Å²) in [6.45, 7) is -1.35. The fourth-order valence-electron chi connectivity index (χ4n) is 2.37. The Balaban J connectivity index is 1.56. The number of pyridine rings is 1. The van der Waals surface area contributed by atoms with Gasteiger partial charge in [-0.05, 0) is 23.8 Å². The van der Waals surface area contributed by atoms with Crippen LogP contribution in [0.15, 0.2) is 53.4 Å². The summed E-state index contributed by atoms with van der Waals surface area (Å²) in [5, 5.41) is 5.67. The van der Waals surface area contributed by atoms with Crippen molar-refractivity contribution in [2.24, 2.45) is 0 Å². The monoisotopic (exact) mass is 409 g/mol. The molecule has 3 rings (SSSR count). The quantitative estimate of drug-likeness (QED) is 0.603. The molecule has 2 aromatic heterocycles. The van der Waals surface area contributed by atoms with Gasteiger partial charge in [-0.3, -0.25) is 4.79 Å². The molecule has 2 heterocycles. The summed E-state index contributed by atoms with van der Waals surface area (Å²) in [7, 11) is 0. The maximum atomic E-state index is 13.0. The Morgan fingerprint density at radius 3 is 2.55 bits per heavy atom. The summed E-state index contributed by atoms with van der Waals surface area (Å²) in [6, 6.07) is 8.65. The average Bonchev–Trinajstić information content (AvgIpc) is 3.13. The minimum absolute atomic E-state index is 0.0245. The van der Waals surface area contributed by atoms with Crippen molar-refractivity contribution in [3.05, 3.63) is 77.1 Å². The second-order valence-electron chi connectivity index (χ2n) is 6.06. The zero-order valence-electron chi connectivity index (χ0n) is 14.9. The van der Waals surface area contributed by atoms with Gasteiger partial charge in [-0.2, -0.15) is 13.2 Å². The number of carbonyl (C=O) groups excluding carboxylic acids is 1. The highest BCUT2D eigenvalue weighted by atomic mass is 19.4. The minimum Gasteiger partial charge on any atom is -0.473 e. The summed E-state index contributed by atoms with van der Waals surface area (Å²) in [6.07, 6.45) is -1.54. The number of nitrogens with zero attached hydrogens (tertiary/aromatic N) is 2. The van der Waals surface area contributed by atoms with Gasteiger partial charge in [-0.25, -0.2) is 9.37 Å². The van der Waals surface area contributed by atoms with Crippen molar-refractivity contribution in [2.75, 3.05) is 6.54 Å². The third kappa shape index (κ3) is 6.03. The topological polar surface area (TPSA) is 77.2 Å². The zero-order chi connectivity index (χ0) is 20.9. The fraction of sp³-hybridized carbons (Fsp3) is 0.211. The van der Waals surface area contributed by atoms with Crippen molar-refractivity contribution in [1.29, 1.82) is 0 Å². The van der Waals surface area contributed by atoms with Gasteiger partial charge in [0, 0.05) is 18.7 Å². The number of ether oxygens (including phenoxy) is 1. The number of halogens is 4. The Morgan fingerprint density at radius 2 is 1.90 bits per heavy atom. The van der Waals surface area contributed by atoms with E-state index >= 15 is 0 Å². The number of aromatic nitrogens is 2. The summed E-state index contributed by atoms with van der Waals surface area (Å²) in [5.74, 6) is -1.05.